The number of anilines is 1. The number of benzene rings is 1. The Hall–Kier alpha value is -1.71. The molecule has 0 saturated carbocycles. The van der Waals surface area contributed by atoms with E-state index in [-0.39, 0.29) is 0 Å². The van der Waals surface area contributed by atoms with Gasteiger partial charge in [0.15, 0.2) is 0 Å². The lowest BCUT2D eigenvalue weighted by Gasteiger charge is -2.20. The molecule has 18 heavy (non-hydrogen) atoms. The topological polar surface area (TPSA) is 47.6 Å². The second-order valence-electron chi connectivity index (χ2n) is 5.25. The molecule has 4 heteroatoms. The van der Waals surface area contributed by atoms with Crippen LogP contribution in [0.2, 0.25) is 0 Å². The van der Waals surface area contributed by atoms with Crippen molar-refractivity contribution in [2.75, 3.05) is 12.4 Å². The zero-order valence-corrected chi connectivity index (χ0v) is 11.9. The third-order valence-electron chi connectivity index (χ3n) is 2.48. The number of hydrogen-bond acceptors (Lipinski definition) is 3. The van der Waals surface area contributed by atoms with Crippen molar-refractivity contribution in [1.29, 1.82) is 0 Å². The summed E-state index contributed by atoms with van der Waals surface area (Å²) in [6, 6.07) is 3.67. The Morgan fingerprint density at radius 1 is 1.22 bits per heavy atom. The zero-order chi connectivity index (χ0) is 13.9. The summed E-state index contributed by atoms with van der Waals surface area (Å²) >= 11 is 0. The number of carbonyl (C=O) groups excluding carboxylic acids is 1. The van der Waals surface area contributed by atoms with Crippen LogP contribution in [0.15, 0.2) is 12.1 Å². The molecule has 1 amide bonds. The van der Waals surface area contributed by atoms with E-state index in [1.807, 2.05) is 40.7 Å². The largest absolute Gasteiger partial charge is 0.496 e. The van der Waals surface area contributed by atoms with Gasteiger partial charge in [0.05, 0.1) is 7.11 Å². The lowest BCUT2D eigenvalue weighted by atomic mass is 10.1. The van der Waals surface area contributed by atoms with Gasteiger partial charge in [-0.1, -0.05) is 0 Å². The molecule has 0 radical (unpaired) electrons. The average Bonchev–Trinajstić information content (AvgIpc) is 2.20. The van der Waals surface area contributed by atoms with Crippen LogP contribution in [0.4, 0.5) is 10.5 Å². The molecule has 0 atom stereocenters. The van der Waals surface area contributed by atoms with E-state index < -0.39 is 11.7 Å². The normalized spacial score (nSPS) is 11.0. The monoisotopic (exact) mass is 251 g/mol. The Balaban J connectivity index is 2.86. The highest BCUT2D eigenvalue weighted by Crippen LogP contribution is 2.26. The number of ether oxygens (including phenoxy) is 2. The van der Waals surface area contributed by atoms with E-state index in [2.05, 4.69) is 5.32 Å². The van der Waals surface area contributed by atoms with Crippen LogP contribution in [-0.2, 0) is 4.74 Å². The Labute approximate surface area is 108 Å². The van der Waals surface area contributed by atoms with Gasteiger partial charge in [0.25, 0.3) is 0 Å². The first-order valence-corrected chi connectivity index (χ1v) is 5.88. The Kier molecular flexibility index (Phi) is 4.22. The van der Waals surface area contributed by atoms with E-state index in [1.165, 1.54) is 0 Å². The summed E-state index contributed by atoms with van der Waals surface area (Å²) in [5, 5.41) is 2.70. The lowest BCUT2D eigenvalue weighted by molar-refractivity contribution is 0.0636. The van der Waals surface area contributed by atoms with Crippen LogP contribution in [0, 0.1) is 13.8 Å². The van der Waals surface area contributed by atoms with Crippen LogP contribution in [0.5, 0.6) is 5.75 Å². The standard InChI is InChI=1S/C14H21NO3/c1-9-7-11(8-12(17-6)10(9)2)15-13(16)18-14(3,4)5/h7-8H,1-6H3,(H,15,16). The summed E-state index contributed by atoms with van der Waals surface area (Å²) in [6.45, 7) is 9.43. The predicted octanol–water partition coefficient (Wildman–Crippen LogP) is 3.66. The summed E-state index contributed by atoms with van der Waals surface area (Å²) in [4.78, 5) is 11.6. The maximum atomic E-state index is 11.6. The number of carbonyl (C=O) groups is 1. The van der Waals surface area contributed by atoms with Crippen molar-refractivity contribution in [2.45, 2.75) is 40.2 Å². The highest BCUT2D eigenvalue weighted by atomic mass is 16.6. The van der Waals surface area contributed by atoms with E-state index >= 15 is 0 Å². The molecule has 1 aromatic rings. The van der Waals surface area contributed by atoms with Gasteiger partial charge in [-0.05, 0) is 51.8 Å². The number of rotatable bonds is 2. The van der Waals surface area contributed by atoms with Crippen molar-refractivity contribution in [3.63, 3.8) is 0 Å². The fraction of sp³-hybridized carbons (Fsp3) is 0.500. The minimum Gasteiger partial charge on any atom is -0.496 e. The Bertz CT molecular complexity index is 447. The SMILES string of the molecule is COc1cc(NC(=O)OC(C)(C)C)cc(C)c1C. The summed E-state index contributed by atoms with van der Waals surface area (Å²) in [6.07, 6.45) is -0.465. The van der Waals surface area contributed by atoms with Gasteiger partial charge in [0, 0.05) is 11.8 Å². The van der Waals surface area contributed by atoms with Crippen molar-refractivity contribution in [1.82, 2.24) is 0 Å². The van der Waals surface area contributed by atoms with Crippen molar-refractivity contribution >= 4 is 11.8 Å². The van der Waals surface area contributed by atoms with Gasteiger partial charge in [-0.25, -0.2) is 4.79 Å². The quantitative estimate of drug-likeness (QED) is 0.872. The third-order valence-corrected chi connectivity index (χ3v) is 2.48. The summed E-state index contributed by atoms with van der Waals surface area (Å²) in [5.74, 6) is 0.751. The summed E-state index contributed by atoms with van der Waals surface area (Å²) in [5.41, 5.74) is 2.28. The molecule has 0 saturated heterocycles. The molecule has 4 nitrogen and oxygen atoms in total. The van der Waals surface area contributed by atoms with Gasteiger partial charge < -0.3 is 9.47 Å². The van der Waals surface area contributed by atoms with E-state index in [1.54, 1.807) is 13.2 Å². The van der Waals surface area contributed by atoms with E-state index in [4.69, 9.17) is 9.47 Å². The van der Waals surface area contributed by atoms with Gasteiger partial charge in [0.1, 0.15) is 11.4 Å². The van der Waals surface area contributed by atoms with Crippen LogP contribution in [0.1, 0.15) is 31.9 Å². The molecule has 0 spiro atoms. The van der Waals surface area contributed by atoms with Gasteiger partial charge in [0.2, 0.25) is 0 Å². The second kappa shape index (κ2) is 5.29. The Morgan fingerprint density at radius 2 is 1.83 bits per heavy atom. The van der Waals surface area contributed by atoms with E-state index in [9.17, 15) is 4.79 Å². The van der Waals surface area contributed by atoms with Gasteiger partial charge in [-0.15, -0.1) is 0 Å². The van der Waals surface area contributed by atoms with E-state index in [0.717, 1.165) is 16.9 Å². The zero-order valence-electron chi connectivity index (χ0n) is 11.9. The van der Waals surface area contributed by atoms with Crippen LogP contribution >= 0.6 is 0 Å². The van der Waals surface area contributed by atoms with Crippen LogP contribution < -0.4 is 10.1 Å². The maximum Gasteiger partial charge on any atom is 0.412 e. The highest BCUT2D eigenvalue weighted by molar-refractivity contribution is 5.85. The van der Waals surface area contributed by atoms with Gasteiger partial charge >= 0.3 is 6.09 Å². The number of aryl methyl sites for hydroxylation is 1. The number of amides is 1. The van der Waals surface area contributed by atoms with Crippen molar-refractivity contribution in [3.8, 4) is 5.75 Å². The average molecular weight is 251 g/mol. The smallest absolute Gasteiger partial charge is 0.412 e. The minimum atomic E-state index is -0.506. The first-order valence-electron chi connectivity index (χ1n) is 5.88. The van der Waals surface area contributed by atoms with Crippen molar-refractivity contribution in [2.24, 2.45) is 0 Å². The van der Waals surface area contributed by atoms with Crippen LogP contribution in [-0.4, -0.2) is 18.8 Å². The van der Waals surface area contributed by atoms with Gasteiger partial charge in [-0.3, -0.25) is 5.32 Å². The molecule has 0 aliphatic carbocycles. The molecule has 0 aromatic heterocycles. The Morgan fingerprint density at radius 3 is 2.33 bits per heavy atom. The predicted molar refractivity (Wildman–Crippen MR) is 72.3 cm³/mol. The first-order chi connectivity index (χ1) is 8.23. The number of nitrogens with one attached hydrogen (secondary N) is 1. The van der Waals surface area contributed by atoms with E-state index in [0.29, 0.717) is 5.69 Å². The van der Waals surface area contributed by atoms with Crippen LogP contribution in [0.3, 0.4) is 0 Å². The molecular weight excluding hydrogens is 230 g/mol. The van der Waals surface area contributed by atoms with Crippen LogP contribution in [0.25, 0.3) is 0 Å². The molecule has 0 heterocycles. The van der Waals surface area contributed by atoms with Crippen molar-refractivity contribution in [3.05, 3.63) is 23.3 Å². The second-order valence-corrected chi connectivity index (χ2v) is 5.25. The molecule has 0 bridgehead atoms. The molecule has 0 aliphatic rings. The first kappa shape index (κ1) is 14.4. The van der Waals surface area contributed by atoms with Gasteiger partial charge in [-0.2, -0.15) is 0 Å². The molecular formula is C14H21NO3. The molecule has 0 unspecified atom stereocenters. The molecule has 100 valence electrons. The molecule has 1 rings (SSSR count). The minimum absolute atomic E-state index is 0.465. The fourth-order valence-electron chi connectivity index (χ4n) is 1.53. The number of hydrogen-bond donors (Lipinski definition) is 1. The molecule has 1 aromatic carbocycles. The summed E-state index contributed by atoms with van der Waals surface area (Å²) in [7, 11) is 1.61. The summed E-state index contributed by atoms with van der Waals surface area (Å²) < 4.78 is 10.5. The highest BCUT2D eigenvalue weighted by Gasteiger charge is 2.16. The number of methoxy groups -OCH3 is 1. The molecule has 1 N–H and O–H groups in total. The third kappa shape index (κ3) is 3.95. The molecule has 0 aliphatic heterocycles. The molecule has 0 fully saturated rings. The fourth-order valence-corrected chi connectivity index (χ4v) is 1.53. The maximum absolute atomic E-state index is 11.6. The van der Waals surface area contributed by atoms with Crippen molar-refractivity contribution < 1.29 is 14.3 Å². The lowest BCUT2D eigenvalue weighted by Crippen LogP contribution is -2.27.